The van der Waals surface area contributed by atoms with Gasteiger partial charge in [-0.1, -0.05) is 39.7 Å². The van der Waals surface area contributed by atoms with E-state index in [0.717, 1.165) is 16.7 Å². The molecule has 3 heteroatoms. The van der Waals surface area contributed by atoms with Crippen molar-refractivity contribution < 1.29 is 4.39 Å². The molecule has 0 saturated heterocycles. The van der Waals surface area contributed by atoms with Gasteiger partial charge in [0.1, 0.15) is 5.82 Å². The summed E-state index contributed by atoms with van der Waals surface area (Å²) < 4.78 is 14.1. The van der Waals surface area contributed by atoms with Crippen LogP contribution in [0.2, 0.25) is 0 Å². The Kier molecular flexibility index (Phi) is 3.83. The molecule has 2 aromatic rings. The molecule has 2 N–H and O–H groups in total. The molecule has 0 aliphatic carbocycles. The smallest absolute Gasteiger partial charge is 0.124 e. The van der Waals surface area contributed by atoms with Crippen molar-refractivity contribution >= 4 is 15.9 Å². The lowest BCUT2D eigenvalue weighted by atomic mass is 9.94. The van der Waals surface area contributed by atoms with Crippen molar-refractivity contribution in [3.8, 4) is 0 Å². The molecule has 0 aliphatic rings. The van der Waals surface area contributed by atoms with Crippen LogP contribution in [0.25, 0.3) is 0 Å². The number of aryl methyl sites for hydroxylation is 2. The highest BCUT2D eigenvalue weighted by Crippen LogP contribution is 2.26. The maximum atomic E-state index is 13.4. The SMILES string of the molecule is Cc1ccc(C(N)c2cc(F)cc(Br)c2)c(C)c1. The summed E-state index contributed by atoms with van der Waals surface area (Å²) in [5.74, 6) is -0.278. The standard InChI is InChI=1S/C15H15BrFN/c1-9-3-4-14(10(2)5-9)15(18)11-6-12(16)8-13(17)7-11/h3-8,15H,18H2,1-2H3. The van der Waals surface area contributed by atoms with E-state index in [0.29, 0.717) is 4.47 Å². The first-order valence-corrected chi connectivity index (χ1v) is 6.55. The maximum Gasteiger partial charge on any atom is 0.124 e. The summed E-state index contributed by atoms with van der Waals surface area (Å²) in [7, 11) is 0. The second-order valence-corrected chi connectivity index (χ2v) is 5.46. The second kappa shape index (κ2) is 5.21. The van der Waals surface area contributed by atoms with Crippen molar-refractivity contribution in [1.29, 1.82) is 0 Å². The third kappa shape index (κ3) is 2.79. The Morgan fingerprint density at radius 2 is 1.83 bits per heavy atom. The highest BCUT2D eigenvalue weighted by atomic mass is 79.9. The van der Waals surface area contributed by atoms with Crippen molar-refractivity contribution in [2.75, 3.05) is 0 Å². The van der Waals surface area contributed by atoms with Gasteiger partial charge < -0.3 is 5.73 Å². The Labute approximate surface area is 115 Å². The number of benzene rings is 2. The van der Waals surface area contributed by atoms with Gasteiger partial charge in [-0.3, -0.25) is 0 Å². The highest BCUT2D eigenvalue weighted by Gasteiger charge is 2.13. The van der Waals surface area contributed by atoms with E-state index in [1.165, 1.54) is 17.7 Å². The van der Waals surface area contributed by atoms with Crippen molar-refractivity contribution in [3.05, 3.63) is 68.9 Å². The zero-order chi connectivity index (χ0) is 13.3. The van der Waals surface area contributed by atoms with Crippen LogP contribution in [0.4, 0.5) is 4.39 Å². The highest BCUT2D eigenvalue weighted by molar-refractivity contribution is 9.10. The Bertz CT molecular complexity index is 560. The molecule has 0 fully saturated rings. The maximum absolute atomic E-state index is 13.4. The normalized spacial score (nSPS) is 12.5. The molecule has 18 heavy (non-hydrogen) atoms. The molecule has 94 valence electrons. The van der Waals surface area contributed by atoms with Crippen LogP contribution in [-0.4, -0.2) is 0 Å². The average molecular weight is 308 g/mol. The van der Waals surface area contributed by atoms with Gasteiger partial charge >= 0.3 is 0 Å². The van der Waals surface area contributed by atoms with Crippen molar-refractivity contribution in [3.63, 3.8) is 0 Å². The van der Waals surface area contributed by atoms with E-state index < -0.39 is 0 Å². The van der Waals surface area contributed by atoms with E-state index in [1.54, 1.807) is 0 Å². The van der Waals surface area contributed by atoms with Crippen molar-refractivity contribution in [2.24, 2.45) is 5.73 Å². The molecule has 0 amide bonds. The van der Waals surface area contributed by atoms with E-state index in [9.17, 15) is 4.39 Å². The summed E-state index contributed by atoms with van der Waals surface area (Å²) in [5.41, 5.74) is 10.3. The molecular weight excluding hydrogens is 293 g/mol. The van der Waals surface area contributed by atoms with Crippen LogP contribution >= 0.6 is 15.9 Å². The number of hydrogen-bond acceptors (Lipinski definition) is 1. The first-order valence-electron chi connectivity index (χ1n) is 5.76. The van der Waals surface area contributed by atoms with Gasteiger partial charge in [0.15, 0.2) is 0 Å². The molecule has 0 aromatic heterocycles. The van der Waals surface area contributed by atoms with Crippen LogP contribution in [0.1, 0.15) is 28.3 Å². The van der Waals surface area contributed by atoms with Gasteiger partial charge in [0.2, 0.25) is 0 Å². The fourth-order valence-electron chi connectivity index (χ4n) is 2.11. The monoisotopic (exact) mass is 307 g/mol. The average Bonchev–Trinajstić information content (AvgIpc) is 2.26. The topological polar surface area (TPSA) is 26.0 Å². The molecule has 0 heterocycles. The lowest BCUT2D eigenvalue weighted by molar-refractivity contribution is 0.622. The molecule has 0 spiro atoms. The zero-order valence-electron chi connectivity index (χ0n) is 10.4. The van der Waals surface area contributed by atoms with Gasteiger partial charge in [0.05, 0.1) is 6.04 Å². The van der Waals surface area contributed by atoms with Gasteiger partial charge in [0, 0.05) is 4.47 Å². The third-order valence-electron chi connectivity index (χ3n) is 3.00. The van der Waals surface area contributed by atoms with E-state index in [1.807, 2.05) is 32.0 Å². The molecule has 1 unspecified atom stereocenters. The zero-order valence-corrected chi connectivity index (χ0v) is 12.0. The van der Waals surface area contributed by atoms with E-state index in [2.05, 4.69) is 22.0 Å². The number of halogens is 2. The number of nitrogens with two attached hydrogens (primary N) is 1. The van der Waals surface area contributed by atoms with Gasteiger partial charge in [-0.15, -0.1) is 0 Å². The summed E-state index contributed by atoms with van der Waals surface area (Å²) in [5, 5.41) is 0. The van der Waals surface area contributed by atoms with Gasteiger partial charge in [-0.2, -0.15) is 0 Å². The minimum Gasteiger partial charge on any atom is -0.320 e. The number of rotatable bonds is 2. The molecule has 0 radical (unpaired) electrons. The van der Waals surface area contributed by atoms with Crippen molar-refractivity contribution in [2.45, 2.75) is 19.9 Å². The molecule has 1 nitrogen and oxygen atoms in total. The lowest BCUT2D eigenvalue weighted by Crippen LogP contribution is -2.13. The summed E-state index contributed by atoms with van der Waals surface area (Å²) in [6.07, 6.45) is 0. The summed E-state index contributed by atoms with van der Waals surface area (Å²) in [6.45, 7) is 4.07. The molecule has 2 rings (SSSR count). The van der Waals surface area contributed by atoms with Crippen LogP contribution in [0.15, 0.2) is 40.9 Å². The van der Waals surface area contributed by atoms with Crippen LogP contribution in [0.5, 0.6) is 0 Å². The van der Waals surface area contributed by atoms with E-state index in [4.69, 9.17) is 5.73 Å². The first-order chi connectivity index (χ1) is 8.47. The minimum atomic E-state index is -0.308. The fraction of sp³-hybridized carbons (Fsp3) is 0.200. The van der Waals surface area contributed by atoms with Gasteiger partial charge in [0.25, 0.3) is 0 Å². The molecule has 0 saturated carbocycles. The molecular formula is C15H15BrFN. The van der Waals surface area contributed by atoms with E-state index in [-0.39, 0.29) is 11.9 Å². The lowest BCUT2D eigenvalue weighted by Gasteiger charge is -2.16. The summed E-state index contributed by atoms with van der Waals surface area (Å²) in [4.78, 5) is 0. The molecule has 0 bridgehead atoms. The predicted octanol–water partition coefficient (Wildman–Crippen LogP) is 4.25. The molecule has 1 atom stereocenters. The van der Waals surface area contributed by atoms with Gasteiger partial charge in [-0.05, 0) is 48.7 Å². The van der Waals surface area contributed by atoms with Crippen LogP contribution < -0.4 is 5.73 Å². The van der Waals surface area contributed by atoms with Crippen LogP contribution in [-0.2, 0) is 0 Å². The Morgan fingerprint density at radius 3 is 2.44 bits per heavy atom. The van der Waals surface area contributed by atoms with Crippen LogP contribution in [0.3, 0.4) is 0 Å². The van der Waals surface area contributed by atoms with Gasteiger partial charge in [-0.25, -0.2) is 4.39 Å². The number of hydrogen-bond donors (Lipinski definition) is 1. The predicted molar refractivity (Wildman–Crippen MR) is 76.0 cm³/mol. The Morgan fingerprint density at radius 1 is 1.11 bits per heavy atom. The summed E-state index contributed by atoms with van der Waals surface area (Å²) in [6, 6.07) is 10.6. The minimum absolute atomic E-state index is 0.278. The molecule has 2 aromatic carbocycles. The largest absolute Gasteiger partial charge is 0.320 e. The summed E-state index contributed by atoms with van der Waals surface area (Å²) >= 11 is 3.29. The van der Waals surface area contributed by atoms with Crippen molar-refractivity contribution in [1.82, 2.24) is 0 Å². The van der Waals surface area contributed by atoms with E-state index >= 15 is 0 Å². The Hall–Kier alpha value is -1.19. The quantitative estimate of drug-likeness (QED) is 0.881. The first kappa shape index (κ1) is 13.2. The van der Waals surface area contributed by atoms with Crippen LogP contribution in [0, 0.1) is 19.7 Å². The Balaban J connectivity index is 2.44. The fourth-order valence-corrected chi connectivity index (χ4v) is 2.59. The third-order valence-corrected chi connectivity index (χ3v) is 3.46. The molecule has 0 aliphatic heterocycles. The second-order valence-electron chi connectivity index (χ2n) is 4.54.